The van der Waals surface area contributed by atoms with Gasteiger partial charge in [-0.2, -0.15) is 0 Å². The molecule has 1 aliphatic heterocycles. The number of aromatic nitrogens is 1. The van der Waals surface area contributed by atoms with Crippen LogP contribution in [0.25, 0.3) is 10.8 Å². The number of hydrogen-bond acceptors (Lipinski definition) is 4. The number of rotatable bonds is 7. The molecule has 2 heterocycles. The fourth-order valence-electron chi connectivity index (χ4n) is 4.68. The minimum atomic E-state index is -0.291. The fraction of sp³-hybridized carbons (Fsp3) is 0.233. The van der Waals surface area contributed by atoms with Crippen molar-refractivity contribution in [1.29, 1.82) is 0 Å². The summed E-state index contributed by atoms with van der Waals surface area (Å²) in [7, 11) is 0. The van der Waals surface area contributed by atoms with Gasteiger partial charge in [-0.1, -0.05) is 60.7 Å². The Kier molecular flexibility index (Phi) is 7.33. The average Bonchev–Trinajstić information content (AvgIpc) is 2.93. The second-order valence-electron chi connectivity index (χ2n) is 9.10. The van der Waals surface area contributed by atoms with Gasteiger partial charge in [0.1, 0.15) is 0 Å². The summed E-state index contributed by atoms with van der Waals surface area (Å²) in [5, 5.41) is 7.81. The highest BCUT2D eigenvalue weighted by atomic mass is 16.5. The normalized spacial score (nSPS) is 13.9. The Hall–Kier alpha value is -4.03. The summed E-state index contributed by atoms with van der Waals surface area (Å²) in [5.74, 6) is -0.172. The monoisotopic (exact) mass is 479 g/mol. The molecule has 1 aromatic heterocycles. The van der Waals surface area contributed by atoms with Crippen molar-refractivity contribution in [3.63, 3.8) is 0 Å². The molecule has 5 rings (SSSR count). The van der Waals surface area contributed by atoms with Crippen LogP contribution in [-0.2, 0) is 11.2 Å². The predicted octanol–water partition coefficient (Wildman–Crippen LogP) is 5.23. The summed E-state index contributed by atoms with van der Waals surface area (Å²) in [6.45, 7) is 2.02. The topological polar surface area (TPSA) is 80.3 Å². The van der Waals surface area contributed by atoms with Gasteiger partial charge in [0.05, 0.1) is 5.69 Å². The van der Waals surface area contributed by atoms with Gasteiger partial charge < -0.3 is 15.4 Å². The Labute approximate surface area is 210 Å². The number of nitrogens with zero attached hydrogens (tertiary/aromatic N) is 1. The van der Waals surface area contributed by atoms with E-state index in [1.165, 1.54) is 5.56 Å². The van der Waals surface area contributed by atoms with Crippen LogP contribution in [0.4, 0.5) is 5.69 Å². The largest absolute Gasteiger partial charge is 0.381 e. The molecule has 0 atom stereocenters. The molecule has 4 aromatic rings. The number of fused-ring (bicyclic) bond motifs is 1. The Morgan fingerprint density at radius 2 is 1.58 bits per heavy atom. The van der Waals surface area contributed by atoms with Crippen molar-refractivity contribution in [3.05, 3.63) is 107 Å². The van der Waals surface area contributed by atoms with Gasteiger partial charge >= 0.3 is 0 Å². The molecule has 1 fully saturated rings. The van der Waals surface area contributed by atoms with Crippen molar-refractivity contribution in [1.82, 2.24) is 10.3 Å². The van der Waals surface area contributed by atoms with Crippen molar-refractivity contribution in [3.8, 4) is 0 Å². The zero-order valence-corrected chi connectivity index (χ0v) is 20.1. The van der Waals surface area contributed by atoms with Crippen LogP contribution in [-0.4, -0.2) is 36.6 Å². The van der Waals surface area contributed by atoms with E-state index in [2.05, 4.69) is 27.8 Å². The molecule has 6 nitrogen and oxygen atoms in total. The number of anilines is 1. The molecule has 6 heteroatoms. The molecule has 3 aromatic carbocycles. The average molecular weight is 480 g/mol. The maximum absolute atomic E-state index is 13.4. The van der Waals surface area contributed by atoms with E-state index in [9.17, 15) is 9.59 Å². The van der Waals surface area contributed by atoms with Crippen molar-refractivity contribution < 1.29 is 14.3 Å². The number of amides is 2. The van der Waals surface area contributed by atoms with Gasteiger partial charge in [-0.15, -0.1) is 0 Å². The van der Waals surface area contributed by atoms with E-state index in [1.807, 2.05) is 54.6 Å². The highest BCUT2D eigenvalue weighted by Gasteiger charge is 2.20. The maximum Gasteiger partial charge on any atom is 0.272 e. The minimum absolute atomic E-state index is 0.211. The lowest BCUT2D eigenvalue weighted by Gasteiger charge is -2.22. The molecule has 182 valence electrons. The first-order valence-electron chi connectivity index (χ1n) is 12.4. The number of hydrogen-bond donors (Lipinski definition) is 2. The number of carbonyl (C=O) groups is 2. The smallest absolute Gasteiger partial charge is 0.272 e. The van der Waals surface area contributed by atoms with Crippen LogP contribution in [0.1, 0.15) is 44.8 Å². The third-order valence-electron chi connectivity index (χ3n) is 6.66. The molecule has 0 unspecified atom stereocenters. The second kappa shape index (κ2) is 11.1. The fourth-order valence-corrected chi connectivity index (χ4v) is 4.68. The van der Waals surface area contributed by atoms with Crippen molar-refractivity contribution >= 4 is 28.3 Å². The van der Waals surface area contributed by atoms with Crippen LogP contribution in [0.5, 0.6) is 0 Å². The zero-order chi connectivity index (χ0) is 24.7. The summed E-state index contributed by atoms with van der Waals surface area (Å²) >= 11 is 0. The molecule has 1 aliphatic rings. The lowest BCUT2D eigenvalue weighted by atomic mass is 9.95. The number of ether oxygens (including phenoxy) is 1. The van der Waals surface area contributed by atoms with E-state index in [-0.39, 0.29) is 17.5 Å². The number of benzene rings is 3. The van der Waals surface area contributed by atoms with Crippen LogP contribution < -0.4 is 10.6 Å². The van der Waals surface area contributed by atoms with Crippen LogP contribution in [0.2, 0.25) is 0 Å². The summed E-state index contributed by atoms with van der Waals surface area (Å²) in [4.78, 5) is 30.6. The Balaban J connectivity index is 1.36. The van der Waals surface area contributed by atoms with Crippen LogP contribution in [0.15, 0.2) is 85.1 Å². The molecule has 2 N–H and O–H groups in total. The molecule has 0 radical (unpaired) electrons. The SMILES string of the molecule is O=C(NCC1CCOCC1)c1ncccc1NC(=O)c1ccc(Cc2ccccc2)c2ccccc12. The first kappa shape index (κ1) is 23.7. The van der Waals surface area contributed by atoms with E-state index in [1.54, 1.807) is 18.3 Å². The summed E-state index contributed by atoms with van der Waals surface area (Å²) < 4.78 is 5.39. The standard InChI is InChI=1S/C30H29N3O3/c34-29(33-27-11-6-16-31-28(27)30(35)32-20-22-14-17-36-18-15-22)26-13-12-23(19-21-7-2-1-3-8-21)24-9-4-5-10-25(24)26/h1-13,16,22H,14-15,17-20H2,(H,32,35)(H,33,34). The van der Waals surface area contributed by atoms with E-state index in [0.717, 1.165) is 48.8 Å². The third kappa shape index (κ3) is 5.44. The minimum Gasteiger partial charge on any atom is -0.381 e. The van der Waals surface area contributed by atoms with E-state index in [0.29, 0.717) is 23.7 Å². The van der Waals surface area contributed by atoms with Crippen LogP contribution in [0.3, 0.4) is 0 Å². The van der Waals surface area contributed by atoms with Gasteiger partial charge in [0, 0.05) is 31.5 Å². The molecule has 1 saturated heterocycles. The molecule has 0 spiro atoms. The second-order valence-corrected chi connectivity index (χ2v) is 9.10. The van der Waals surface area contributed by atoms with E-state index < -0.39 is 0 Å². The quantitative estimate of drug-likeness (QED) is 0.380. The van der Waals surface area contributed by atoms with Gasteiger partial charge in [-0.05, 0) is 65.3 Å². The Bertz CT molecular complexity index is 1360. The number of pyridine rings is 1. The van der Waals surface area contributed by atoms with E-state index >= 15 is 0 Å². The highest BCUT2D eigenvalue weighted by molar-refractivity contribution is 6.15. The van der Waals surface area contributed by atoms with Crippen molar-refractivity contribution in [2.45, 2.75) is 19.3 Å². The van der Waals surface area contributed by atoms with Gasteiger partial charge in [-0.3, -0.25) is 9.59 Å². The van der Waals surface area contributed by atoms with Crippen LogP contribution in [0, 0.1) is 5.92 Å². The first-order valence-corrected chi connectivity index (χ1v) is 12.4. The molecule has 0 aliphatic carbocycles. The predicted molar refractivity (Wildman–Crippen MR) is 141 cm³/mol. The third-order valence-corrected chi connectivity index (χ3v) is 6.66. The zero-order valence-electron chi connectivity index (χ0n) is 20.1. The van der Waals surface area contributed by atoms with Crippen molar-refractivity contribution in [2.75, 3.05) is 25.1 Å². The molecule has 36 heavy (non-hydrogen) atoms. The molecular weight excluding hydrogens is 450 g/mol. The maximum atomic E-state index is 13.4. The van der Waals surface area contributed by atoms with Gasteiger partial charge in [0.25, 0.3) is 11.8 Å². The molecule has 2 amide bonds. The summed E-state index contributed by atoms with van der Waals surface area (Å²) in [6, 6.07) is 25.5. The van der Waals surface area contributed by atoms with Crippen molar-refractivity contribution in [2.24, 2.45) is 5.92 Å². The summed E-state index contributed by atoms with van der Waals surface area (Å²) in [6.07, 6.45) is 4.20. The van der Waals surface area contributed by atoms with Gasteiger partial charge in [0.15, 0.2) is 5.69 Å². The van der Waals surface area contributed by atoms with Crippen LogP contribution >= 0.6 is 0 Å². The Morgan fingerprint density at radius 3 is 2.39 bits per heavy atom. The van der Waals surface area contributed by atoms with Gasteiger partial charge in [0.2, 0.25) is 0 Å². The number of nitrogens with one attached hydrogen (secondary N) is 2. The lowest BCUT2D eigenvalue weighted by molar-refractivity contribution is 0.0642. The van der Waals surface area contributed by atoms with Gasteiger partial charge in [-0.25, -0.2) is 4.98 Å². The Morgan fingerprint density at radius 1 is 0.833 bits per heavy atom. The summed E-state index contributed by atoms with van der Waals surface area (Å²) in [5.41, 5.74) is 3.53. The first-order chi connectivity index (χ1) is 17.7. The molecule has 0 bridgehead atoms. The van der Waals surface area contributed by atoms with E-state index in [4.69, 9.17) is 4.74 Å². The lowest BCUT2D eigenvalue weighted by Crippen LogP contribution is -2.33. The molecule has 0 saturated carbocycles. The number of carbonyl (C=O) groups excluding carboxylic acids is 2. The highest BCUT2D eigenvalue weighted by Crippen LogP contribution is 2.26. The molecular formula is C30H29N3O3.